The van der Waals surface area contributed by atoms with Crippen LogP contribution in [-0.4, -0.2) is 105 Å². The first-order valence-corrected chi connectivity index (χ1v) is 15.4. The van der Waals surface area contributed by atoms with Gasteiger partial charge in [-0.15, -0.1) is 0 Å². The van der Waals surface area contributed by atoms with E-state index in [9.17, 15) is 23.6 Å². The molecule has 3 rings (SSSR count). The first kappa shape index (κ1) is 35.3. The van der Waals surface area contributed by atoms with E-state index >= 15 is 0 Å². The van der Waals surface area contributed by atoms with Gasteiger partial charge in [0.15, 0.2) is 18.1 Å². The minimum Gasteiger partial charge on any atom is -0.493 e. The Bertz CT molecular complexity index is 1310. The highest BCUT2D eigenvalue weighted by atomic mass is 19.1. The third-order valence-electron chi connectivity index (χ3n) is 7.61. The highest BCUT2D eigenvalue weighted by molar-refractivity contribution is 5.87. The molecule has 2 bridgehead atoms. The average Bonchev–Trinajstić information content (AvgIpc) is 3.01. The summed E-state index contributed by atoms with van der Waals surface area (Å²) in [5, 5.41) is 5.61. The van der Waals surface area contributed by atoms with Gasteiger partial charge >= 0.3 is 0 Å². The van der Waals surface area contributed by atoms with E-state index in [1.165, 1.54) is 13.2 Å². The number of methoxy groups -OCH3 is 1. The lowest BCUT2D eigenvalue weighted by atomic mass is 10.1. The molecule has 12 heteroatoms. The van der Waals surface area contributed by atoms with E-state index in [-0.39, 0.29) is 43.1 Å². The predicted molar refractivity (Wildman–Crippen MR) is 168 cm³/mol. The van der Waals surface area contributed by atoms with E-state index in [2.05, 4.69) is 10.6 Å². The highest BCUT2D eigenvalue weighted by Crippen LogP contribution is 2.28. The number of likely N-dealkylation sites (N-methyl/N-ethyl adjacent to an activating group) is 2. The number of carbonyl (C=O) groups is 4. The quantitative estimate of drug-likeness (QED) is 0.523. The molecule has 246 valence electrons. The lowest BCUT2D eigenvalue weighted by Crippen LogP contribution is -2.47. The molecule has 4 amide bonds. The van der Waals surface area contributed by atoms with Crippen molar-refractivity contribution >= 4 is 23.6 Å². The standard InChI is InChI=1S/C33H46FN5O6/c1-24-33(43)38(3)17-7-8-18-39(32(42)22-37(2)21-26-10-5-6-11-27(26)34)19-9-16-35-30(40)15-13-25-12-14-28(44-4)29(20-25)45-23-31(41)36-24/h5-6,10-12,14,20,24H,7-9,13,15-19,21-23H2,1-4H3,(H,35,40)(H,36,41)/t24-/m0/s1. The van der Waals surface area contributed by atoms with Crippen LogP contribution in [0.15, 0.2) is 42.5 Å². The van der Waals surface area contributed by atoms with Crippen LogP contribution in [0.2, 0.25) is 0 Å². The molecule has 0 aliphatic carbocycles. The van der Waals surface area contributed by atoms with E-state index in [0.717, 1.165) is 5.56 Å². The number of benzene rings is 2. The first-order chi connectivity index (χ1) is 21.6. The number of nitrogens with zero attached hydrogens (tertiary/aromatic N) is 3. The molecule has 2 N–H and O–H groups in total. The molecule has 1 aliphatic rings. The number of fused-ring (bicyclic) bond motifs is 2. The number of hydrogen-bond acceptors (Lipinski definition) is 7. The molecule has 2 aromatic carbocycles. The average molecular weight is 628 g/mol. The fourth-order valence-electron chi connectivity index (χ4n) is 5.08. The van der Waals surface area contributed by atoms with Gasteiger partial charge in [-0.2, -0.15) is 0 Å². The number of ether oxygens (including phenoxy) is 2. The van der Waals surface area contributed by atoms with Crippen LogP contribution in [0.25, 0.3) is 0 Å². The Morgan fingerprint density at radius 3 is 2.53 bits per heavy atom. The number of hydrogen-bond donors (Lipinski definition) is 2. The van der Waals surface area contributed by atoms with Crippen LogP contribution in [0, 0.1) is 5.82 Å². The Labute approximate surface area is 265 Å². The minimum absolute atomic E-state index is 0.0899. The van der Waals surface area contributed by atoms with Crippen molar-refractivity contribution < 1.29 is 33.0 Å². The Kier molecular flexibility index (Phi) is 14.1. The van der Waals surface area contributed by atoms with Crippen LogP contribution < -0.4 is 20.1 Å². The zero-order valence-corrected chi connectivity index (χ0v) is 26.8. The monoisotopic (exact) mass is 627 g/mol. The van der Waals surface area contributed by atoms with Gasteiger partial charge in [0.2, 0.25) is 17.7 Å². The predicted octanol–water partition coefficient (Wildman–Crippen LogP) is 2.37. The maximum atomic E-state index is 14.1. The zero-order chi connectivity index (χ0) is 32.8. The van der Waals surface area contributed by atoms with Crippen molar-refractivity contribution in [2.45, 2.75) is 51.6 Å². The molecule has 0 fully saturated rings. The largest absolute Gasteiger partial charge is 0.493 e. The molecule has 0 radical (unpaired) electrons. The molecule has 0 unspecified atom stereocenters. The van der Waals surface area contributed by atoms with Crippen molar-refractivity contribution in [3.8, 4) is 11.5 Å². The summed E-state index contributed by atoms with van der Waals surface area (Å²) in [5.41, 5.74) is 1.36. The second-order valence-corrected chi connectivity index (χ2v) is 11.4. The van der Waals surface area contributed by atoms with Crippen LogP contribution in [0.3, 0.4) is 0 Å². The molecular weight excluding hydrogens is 581 g/mol. The second-order valence-electron chi connectivity index (χ2n) is 11.4. The number of halogens is 1. The van der Waals surface area contributed by atoms with Gasteiger partial charge in [-0.3, -0.25) is 24.1 Å². The van der Waals surface area contributed by atoms with Crippen molar-refractivity contribution in [3.05, 3.63) is 59.4 Å². The topological polar surface area (TPSA) is 121 Å². The van der Waals surface area contributed by atoms with Gasteiger partial charge in [-0.25, -0.2) is 4.39 Å². The summed E-state index contributed by atoms with van der Waals surface area (Å²) in [5.74, 6) is -0.377. The lowest BCUT2D eigenvalue weighted by Gasteiger charge is -2.27. The van der Waals surface area contributed by atoms with E-state index < -0.39 is 11.9 Å². The Morgan fingerprint density at radius 1 is 1.04 bits per heavy atom. The van der Waals surface area contributed by atoms with Crippen molar-refractivity contribution in [2.24, 2.45) is 0 Å². The highest BCUT2D eigenvalue weighted by Gasteiger charge is 2.21. The number of aryl methyl sites for hydroxylation is 1. The number of carbonyl (C=O) groups excluding carboxylic acids is 4. The van der Waals surface area contributed by atoms with E-state index in [1.54, 1.807) is 66.1 Å². The summed E-state index contributed by atoms with van der Waals surface area (Å²) < 4.78 is 25.2. The molecule has 0 spiro atoms. The van der Waals surface area contributed by atoms with Gasteiger partial charge in [0.1, 0.15) is 11.9 Å². The minimum atomic E-state index is -0.751. The maximum Gasteiger partial charge on any atom is 0.258 e. The molecule has 0 saturated carbocycles. The summed E-state index contributed by atoms with van der Waals surface area (Å²) in [7, 11) is 4.96. The SMILES string of the molecule is COc1ccc2cc1OCC(=O)N[C@@H](C)C(=O)N(C)CCCCN(C(=O)CN(C)Cc1ccccc1F)CCCNC(=O)CC2. The molecule has 1 heterocycles. The van der Waals surface area contributed by atoms with Crippen molar-refractivity contribution in [2.75, 3.05) is 60.5 Å². The van der Waals surface area contributed by atoms with E-state index in [1.807, 2.05) is 6.07 Å². The summed E-state index contributed by atoms with van der Waals surface area (Å²) in [6, 6.07) is 11.0. The summed E-state index contributed by atoms with van der Waals surface area (Å²) in [6.07, 6.45) is 2.58. The Hall–Kier alpha value is -4.19. The Balaban J connectivity index is 1.67. The van der Waals surface area contributed by atoms with E-state index in [4.69, 9.17) is 9.47 Å². The Morgan fingerprint density at radius 2 is 1.78 bits per heavy atom. The summed E-state index contributed by atoms with van der Waals surface area (Å²) >= 11 is 0. The third-order valence-corrected chi connectivity index (χ3v) is 7.61. The van der Waals surface area contributed by atoms with Crippen LogP contribution in [0.4, 0.5) is 4.39 Å². The molecule has 45 heavy (non-hydrogen) atoms. The van der Waals surface area contributed by atoms with E-state index in [0.29, 0.717) is 75.5 Å². The summed E-state index contributed by atoms with van der Waals surface area (Å²) in [6.45, 7) is 3.52. The van der Waals surface area contributed by atoms with Crippen LogP contribution in [0.5, 0.6) is 11.5 Å². The lowest BCUT2D eigenvalue weighted by molar-refractivity contribution is -0.135. The molecule has 1 atom stereocenters. The van der Waals surface area contributed by atoms with Gasteiger partial charge in [-0.1, -0.05) is 24.3 Å². The van der Waals surface area contributed by atoms with Gasteiger partial charge in [0.05, 0.1) is 13.7 Å². The number of rotatable bonds is 5. The molecular formula is C33H46FN5O6. The zero-order valence-electron chi connectivity index (χ0n) is 26.8. The smallest absolute Gasteiger partial charge is 0.258 e. The van der Waals surface area contributed by atoms with Gasteiger partial charge < -0.3 is 29.9 Å². The first-order valence-electron chi connectivity index (χ1n) is 15.4. The van der Waals surface area contributed by atoms with Crippen molar-refractivity contribution in [1.29, 1.82) is 0 Å². The molecule has 11 nitrogen and oxygen atoms in total. The fraction of sp³-hybridized carbons (Fsp3) is 0.515. The van der Waals surface area contributed by atoms with Crippen molar-refractivity contribution in [3.63, 3.8) is 0 Å². The third kappa shape index (κ3) is 11.7. The maximum absolute atomic E-state index is 14.1. The molecule has 0 saturated heterocycles. The van der Waals surface area contributed by atoms with Crippen molar-refractivity contribution in [1.82, 2.24) is 25.3 Å². The molecule has 2 aromatic rings. The number of nitrogens with one attached hydrogen (secondary N) is 2. The molecule has 0 aromatic heterocycles. The summed E-state index contributed by atoms with van der Waals surface area (Å²) in [4.78, 5) is 56.4. The van der Waals surface area contributed by atoms with Crippen LogP contribution in [0.1, 0.15) is 43.7 Å². The fourth-order valence-corrected chi connectivity index (χ4v) is 5.08. The van der Waals surface area contributed by atoms with Gasteiger partial charge in [-0.05, 0) is 63.4 Å². The van der Waals surface area contributed by atoms with Crippen LogP contribution in [-0.2, 0) is 32.1 Å². The number of amides is 4. The van der Waals surface area contributed by atoms with Gasteiger partial charge in [0, 0.05) is 51.8 Å². The normalized spacial score (nSPS) is 18.3. The second kappa shape index (κ2) is 17.9. The van der Waals surface area contributed by atoms with Crippen LogP contribution >= 0.6 is 0 Å². The molecule has 1 aliphatic heterocycles. The van der Waals surface area contributed by atoms with Gasteiger partial charge in [0.25, 0.3) is 5.91 Å².